The third kappa shape index (κ3) is 5.78. The average molecular weight is 920 g/mol. The van der Waals surface area contributed by atoms with Crippen molar-refractivity contribution >= 4 is 87.5 Å². The molecular formula is C65H37N5O2. The molecule has 0 saturated heterocycles. The first-order valence-corrected chi connectivity index (χ1v) is 24.0. The van der Waals surface area contributed by atoms with Crippen LogP contribution >= 0.6 is 0 Å². The zero-order chi connectivity index (χ0) is 47.4. The molecule has 0 aliphatic rings. The Kier molecular flexibility index (Phi) is 8.59. The van der Waals surface area contributed by atoms with Gasteiger partial charge in [-0.1, -0.05) is 158 Å². The van der Waals surface area contributed by atoms with E-state index < -0.39 is 0 Å². The SMILES string of the molecule is N#Cc1c(-c2ccccc2)nc(-c2ccc(-n3c4ccccc4c4cc(-c5ccc6oc7ccccc7c6c5)c5c(c6ccccc6n5-c5ccccc5)c43)c3oc4ccccc4c23)nc1-c1ccccc1. The molecule has 0 N–H and O–H groups in total. The molecule has 15 aromatic rings. The van der Waals surface area contributed by atoms with Crippen LogP contribution in [0.2, 0.25) is 0 Å². The first-order chi connectivity index (χ1) is 35.7. The quantitative estimate of drug-likeness (QED) is 0.166. The van der Waals surface area contributed by atoms with Crippen LogP contribution in [0.3, 0.4) is 0 Å². The number of benzene rings is 10. The van der Waals surface area contributed by atoms with Gasteiger partial charge >= 0.3 is 0 Å². The molecule has 5 heterocycles. The number of nitrogens with zero attached hydrogens (tertiary/aromatic N) is 5. The number of hydrogen-bond donors (Lipinski definition) is 0. The maximum atomic E-state index is 10.8. The van der Waals surface area contributed by atoms with E-state index in [9.17, 15) is 5.26 Å². The molecule has 10 aromatic carbocycles. The lowest BCUT2D eigenvalue weighted by Gasteiger charge is -2.15. The molecule has 0 radical (unpaired) electrons. The van der Waals surface area contributed by atoms with Crippen LogP contribution in [0.1, 0.15) is 5.56 Å². The van der Waals surface area contributed by atoms with E-state index in [0.29, 0.717) is 28.4 Å². The van der Waals surface area contributed by atoms with Crippen molar-refractivity contribution in [2.45, 2.75) is 0 Å². The zero-order valence-electron chi connectivity index (χ0n) is 38.4. The Hall–Kier alpha value is -10.0. The van der Waals surface area contributed by atoms with E-state index in [1.54, 1.807) is 0 Å². The van der Waals surface area contributed by atoms with Crippen LogP contribution in [0, 0.1) is 11.3 Å². The fraction of sp³-hybridized carbons (Fsp3) is 0. The highest BCUT2D eigenvalue weighted by atomic mass is 16.3. The molecule has 0 aliphatic heterocycles. The van der Waals surface area contributed by atoms with Gasteiger partial charge in [-0.25, -0.2) is 9.97 Å². The first kappa shape index (κ1) is 39.9. The maximum Gasteiger partial charge on any atom is 0.161 e. The lowest BCUT2D eigenvalue weighted by atomic mass is 9.96. The van der Waals surface area contributed by atoms with Gasteiger partial charge in [-0.15, -0.1) is 0 Å². The number of hydrogen-bond acceptors (Lipinski definition) is 5. The Bertz CT molecular complexity index is 4690. The van der Waals surface area contributed by atoms with Crippen molar-refractivity contribution < 1.29 is 8.83 Å². The highest BCUT2D eigenvalue weighted by Gasteiger charge is 2.28. The molecule has 0 atom stereocenters. The average Bonchev–Trinajstić information content (AvgIpc) is 4.21. The van der Waals surface area contributed by atoms with Gasteiger partial charge in [0.25, 0.3) is 0 Å². The van der Waals surface area contributed by atoms with Gasteiger partial charge in [-0.05, 0) is 72.3 Å². The van der Waals surface area contributed by atoms with Crippen molar-refractivity contribution in [1.82, 2.24) is 19.1 Å². The topological polar surface area (TPSA) is 85.7 Å². The van der Waals surface area contributed by atoms with Crippen molar-refractivity contribution in [3.8, 4) is 62.5 Å². The summed E-state index contributed by atoms with van der Waals surface area (Å²) in [5.74, 6) is 0.498. The third-order valence-electron chi connectivity index (χ3n) is 14.4. The van der Waals surface area contributed by atoms with Crippen LogP contribution in [-0.4, -0.2) is 19.1 Å². The minimum Gasteiger partial charge on any atom is -0.456 e. The van der Waals surface area contributed by atoms with Gasteiger partial charge in [0.1, 0.15) is 28.4 Å². The van der Waals surface area contributed by atoms with Crippen molar-refractivity contribution in [2.75, 3.05) is 0 Å². The standard InChI is InChI=1S/C65H37N5O2/c66-38-51-60(39-18-4-1-5-19-39)67-65(68-61(51)40-20-6-2-7-21-40)47-33-34-54(64-58(47)46-27-13-17-31-56(46)72-64)70-52-28-14-10-24-43(52)50-37-48(41-32-35-57-49(36-41)44-25-12-16-30-55(44)71-57)62-59(63(50)70)45-26-11-15-29-53(45)69(62)42-22-8-3-9-23-42/h1-37H. The summed E-state index contributed by atoms with van der Waals surface area (Å²) in [6.07, 6.45) is 0. The highest BCUT2D eigenvalue weighted by molar-refractivity contribution is 6.30. The molecule has 0 bridgehead atoms. The molecule has 334 valence electrons. The van der Waals surface area contributed by atoms with Gasteiger partial charge in [0, 0.05) is 71.0 Å². The van der Waals surface area contributed by atoms with Crippen LogP contribution in [0.4, 0.5) is 0 Å². The van der Waals surface area contributed by atoms with E-state index in [-0.39, 0.29) is 0 Å². The molecule has 0 unspecified atom stereocenters. The summed E-state index contributed by atoms with van der Waals surface area (Å²) < 4.78 is 18.3. The van der Waals surface area contributed by atoms with Crippen molar-refractivity contribution in [3.63, 3.8) is 0 Å². The third-order valence-corrected chi connectivity index (χ3v) is 14.4. The zero-order valence-corrected chi connectivity index (χ0v) is 38.4. The second kappa shape index (κ2) is 15.5. The Morgan fingerprint density at radius 3 is 1.65 bits per heavy atom. The Balaban J connectivity index is 1.08. The van der Waals surface area contributed by atoms with Crippen molar-refractivity contribution in [3.05, 3.63) is 230 Å². The van der Waals surface area contributed by atoms with Crippen LogP contribution in [0.25, 0.3) is 144 Å². The Labute approximate surface area is 411 Å². The summed E-state index contributed by atoms with van der Waals surface area (Å²) in [6.45, 7) is 0. The highest BCUT2D eigenvalue weighted by Crippen LogP contribution is 2.49. The monoisotopic (exact) mass is 919 g/mol. The van der Waals surface area contributed by atoms with Crippen LogP contribution < -0.4 is 0 Å². The lowest BCUT2D eigenvalue weighted by molar-refractivity contribution is 0.666. The molecule has 0 aliphatic carbocycles. The van der Waals surface area contributed by atoms with Gasteiger partial charge in [0.15, 0.2) is 11.4 Å². The van der Waals surface area contributed by atoms with E-state index in [2.05, 4.69) is 149 Å². The number of para-hydroxylation sites is 5. The van der Waals surface area contributed by atoms with E-state index >= 15 is 0 Å². The minimum atomic E-state index is 0.419. The van der Waals surface area contributed by atoms with Crippen LogP contribution in [0.5, 0.6) is 0 Å². The van der Waals surface area contributed by atoms with Gasteiger partial charge in [-0.3, -0.25) is 0 Å². The molecule has 0 amide bonds. The fourth-order valence-electron chi connectivity index (χ4n) is 11.3. The second-order valence-corrected chi connectivity index (χ2v) is 18.3. The number of fused-ring (bicyclic) bond motifs is 13. The molecular weight excluding hydrogens is 883 g/mol. The molecule has 7 heteroatoms. The van der Waals surface area contributed by atoms with Gasteiger partial charge in [-0.2, -0.15) is 5.26 Å². The smallest absolute Gasteiger partial charge is 0.161 e. The summed E-state index contributed by atoms with van der Waals surface area (Å²) in [7, 11) is 0. The molecule has 5 aromatic heterocycles. The predicted molar refractivity (Wildman–Crippen MR) is 292 cm³/mol. The minimum absolute atomic E-state index is 0.419. The number of furan rings is 2. The van der Waals surface area contributed by atoms with Crippen LogP contribution in [0.15, 0.2) is 233 Å². The van der Waals surface area contributed by atoms with E-state index in [1.165, 1.54) is 0 Å². The van der Waals surface area contributed by atoms with Gasteiger partial charge < -0.3 is 18.0 Å². The van der Waals surface area contributed by atoms with Crippen LogP contribution in [-0.2, 0) is 0 Å². The first-order valence-electron chi connectivity index (χ1n) is 24.0. The predicted octanol–water partition coefficient (Wildman–Crippen LogP) is 17.0. The molecule has 0 spiro atoms. The lowest BCUT2D eigenvalue weighted by Crippen LogP contribution is -2.02. The second-order valence-electron chi connectivity index (χ2n) is 18.3. The van der Waals surface area contributed by atoms with Crippen molar-refractivity contribution in [1.29, 1.82) is 5.26 Å². The van der Waals surface area contributed by atoms with E-state index in [4.69, 9.17) is 18.8 Å². The van der Waals surface area contributed by atoms with Gasteiger partial charge in [0.05, 0.1) is 39.1 Å². The number of nitriles is 1. The number of aromatic nitrogens is 4. The largest absolute Gasteiger partial charge is 0.456 e. The summed E-state index contributed by atoms with van der Waals surface area (Å²) in [6, 6.07) is 80.2. The Morgan fingerprint density at radius 1 is 0.389 bits per heavy atom. The normalized spacial score (nSPS) is 11.9. The molecule has 72 heavy (non-hydrogen) atoms. The van der Waals surface area contributed by atoms with E-state index in [0.717, 1.165) is 121 Å². The summed E-state index contributed by atoms with van der Waals surface area (Å²) in [4.78, 5) is 10.6. The maximum absolute atomic E-state index is 10.8. The Morgan fingerprint density at radius 2 is 0.958 bits per heavy atom. The van der Waals surface area contributed by atoms with E-state index in [1.807, 2.05) is 91.0 Å². The molecule has 7 nitrogen and oxygen atoms in total. The summed E-state index contributed by atoms with van der Waals surface area (Å²) >= 11 is 0. The van der Waals surface area contributed by atoms with Crippen molar-refractivity contribution in [2.24, 2.45) is 0 Å². The molecule has 0 saturated carbocycles. The molecule has 0 fully saturated rings. The molecule has 15 rings (SSSR count). The summed E-state index contributed by atoms with van der Waals surface area (Å²) in [5, 5.41) is 19.3. The van der Waals surface area contributed by atoms with Gasteiger partial charge in [0.2, 0.25) is 0 Å². The number of rotatable bonds is 6. The summed E-state index contributed by atoms with van der Waals surface area (Å²) in [5.41, 5.74) is 15.7. The fourth-order valence-corrected chi connectivity index (χ4v) is 11.3.